The zero-order valence-electron chi connectivity index (χ0n) is 67.4. The molecule has 4 aliphatic rings. The summed E-state index contributed by atoms with van der Waals surface area (Å²) in [7, 11) is -3.14. The van der Waals surface area contributed by atoms with Crippen molar-refractivity contribution in [3.8, 4) is 39.8 Å². The number of pyridine rings is 1. The summed E-state index contributed by atoms with van der Waals surface area (Å²) in [5.74, 6) is 0.240. The van der Waals surface area contributed by atoms with Crippen molar-refractivity contribution in [2.45, 2.75) is 147 Å². The fourth-order valence-corrected chi connectivity index (χ4v) is 19.7. The average molecular weight is 1750 g/mol. The number of amides is 2. The van der Waals surface area contributed by atoms with E-state index in [0.29, 0.717) is 110 Å². The van der Waals surface area contributed by atoms with Crippen LogP contribution in [0.3, 0.4) is 0 Å². The van der Waals surface area contributed by atoms with Crippen LogP contribution in [-0.2, 0) is 94.4 Å². The lowest BCUT2D eigenvalue weighted by atomic mass is 9.95. The third-order valence-corrected chi connectivity index (χ3v) is 26.0. The van der Waals surface area contributed by atoms with Crippen LogP contribution in [-0.4, -0.2) is 174 Å². The van der Waals surface area contributed by atoms with Crippen LogP contribution < -0.4 is 30.2 Å². The van der Waals surface area contributed by atoms with E-state index in [0.717, 1.165) is 24.1 Å². The van der Waals surface area contributed by atoms with Crippen LogP contribution in [0.4, 0.5) is 30.9 Å². The first-order valence-corrected chi connectivity index (χ1v) is 44.9. The van der Waals surface area contributed by atoms with Gasteiger partial charge < -0.3 is 62.5 Å². The minimum Gasteiger partial charge on any atom is -0.492 e. The number of aliphatic hydroxyl groups is 1. The van der Waals surface area contributed by atoms with E-state index in [1.54, 1.807) is 91.0 Å². The van der Waals surface area contributed by atoms with Crippen molar-refractivity contribution in [3.05, 3.63) is 205 Å². The fraction of sp³-hybridized carbons (Fsp3) is 0.325. The normalized spacial score (nSPS) is 21.5. The molecule has 7 aromatic heterocycles. The van der Waals surface area contributed by atoms with E-state index in [2.05, 4.69) is 45.5 Å². The zero-order chi connectivity index (χ0) is 86.1. The lowest BCUT2D eigenvalue weighted by molar-refractivity contribution is -0.134. The molecule has 124 heavy (non-hydrogen) atoms. The SMILES string of the molecule is B[P@]1(=O)OC[C@H]2O[C@@H](n3cnc4c(C)ncnc43)[C@H](F)[C@@H]2O[P@@](=O)(SCc2ccc(OC(=O)c3ccc(OCCn4nnc5c4-c4ccccc4N(C(=O)CCCCC(=O)Oc4ccc(COC(=O)Nc6nc7ccccc7c7c6nc(COCC)n7CC(C)(C)O)cc4)Cc4ccccc4-5)cc3)cc2)OC[C@H]2O[C@@H](n3cnc4c(N)ncnc43)[C@H](F)[C@@H]2O1. The quantitative estimate of drug-likeness (QED) is 0.0157. The number of nitrogens with one attached hydrogen (secondary N) is 1. The summed E-state index contributed by atoms with van der Waals surface area (Å²) in [6.45, 7) is 2.35. The van der Waals surface area contributed by atoms with Gasteiger partial charge in [0.05, 0.1) is 84.8 Å². The summed E-state index contributed by atoms with van der Waals surface area (Å²) in [6.07, 6.45) is -8.20. The topological polar surface area (TPSA) is 414 Å². The number of esters is 2. The Labute approximate surface area is 710 Å². The zero-order valence-corrected chi connectivity index (χ0v) is 70.0. The van der Waals surface area contributed by atoms with E-state index in [1.807, 2.05) is 84.3 Å². The molecule has 41 heteroatoms. The Hall–Kier alpha value is -11.9. The number of ether oxygens (including phenoxy) is 7. The first kappa shape index (κ1) is 84.4. The minimum atomic E-state index is -4.61. The van der Waals surface area contributed by atoms with Gasteiger partial charge in [-0.2, -0.15) is 0 Å². The largest absolute Gasteiger partial charge is 0.492 e. The number of para-hydroxylation sites is 2. The maximum atomic E-state index is 17.2. The minimum absolute atomic E-state index is 0.0213. The second kappa shape index (κ2) is 35.8. The second-order valence-corrected chi connectivity index (χ2v) is 36.5. The molecule has 3 saturated heterocycles. The number of fused-ring (bicyclic) bond motifs is 12. The van der Waals surface area contributed by atoms with Crippen molar-refractivity contribution >= 4 is 119 Å². The number of benzene rings is 6. The lowest BCUT2D eigenvalue weighted by Gasteiger charge is -2.30. The molecule has 10 atom stereocenters. The van der Waals surface area contributed by atoms with Crippen LogP contribution in [0.1, 0.15) is 97.5 Å². The van der Waals surface area contributed by atoms with Crippen molar-refractivity contribution in [2.75, 3.05) is 42.4 Å². The van der Waals surface area contributed by atoms with Gasteiger partial charge in [0.2, 0.25) is 5.91 Å². The van der Waals surface area contributed by atoms with E-state index in [-0.39, 0.29) is 104 Å². The summed E-state index contributed by atoms with van der Waals surface area (Å²) < 4.78 is 135. The molecule has 640 valence electrons. The summed E-state index contributed by atoms with van der Waals surface area (Å²) in [6, 6.07) is 42.0. The Morgan fingerprint density at radius 2 is 1.35 bits per heavy atom. The maximum Gasteiger partial charge on any atom is 0.413 e. The molecule has 17 rings (SSSR count). The molecule has 4 N–H and O–H groups in total. The first-order chi connectivity index (χ1) is 59.9. The average Bonchev–Trinajstić information content (AvgIpc) is 1.31. The van der Waals surface area contributed by atoms with Crippen LogP contribution >= 0.6 is 25.7 Å². The van der Waals surface area contributed by atoms with Gasteiger partial charge >= 0.3 is 24.8 Å². The maximum absolute atomic E-state index is 17.2. The third-order valence-electron chi connectivity index (χ3n) is 21.1. The summed E-state index contributed by atoms with van der Waals surface area (Å²) in [5, 5.41) is 23.7. The summed E-state index contributed by atoms with van der Waals surface area (Å²) in [5.41, 5.74) is 13.7. The van der Waals surface area contributed by atoms with Gasteiger partial charge in [-0.1, -0.05) is 90.1 Å². The number of nitrogens with zero attached hydrogens (tertiary/aromatic N) is 15. The highest BCUT2D eigenvalue weighted by atomic mass is 32.7. The molecule has 6 aromatic carbocycles. The number of hydrogen-bond acceptors (Lipinski definition) is 30. The first-order valence-electron chi connectivity index (χ1n) is 39.8. The number of halogens is 2. The van der Waals surface area contributed by atoms with Crippen molar-refractivity contribution in [1.29, 1.82) is 0 Å². The Morgan fingerprint density at radius 3 is 2.10 bits per heavy atom. The number of anilines is 3. The number of aryl methyl sites for hydroxylation is 1. The van der Waals surface area contributed by atoms with Crippen molar-refractivity contribution < 1.29 is 93.4 Å². The molecular formula is C83H82BF2N17O18P2S. The van der Waals surface area contributed by atoms with Crippen molar-refractivity contribution in [2.24, 2.45) is 0 Å². The molecule has 11 heterocycles. The molecule has 0 aliphatic carbocycles. The Kier molecular flexibility index (Phi) is 24.3. The van der Waals surface area contributed by atoms with Crippen LogP contribution in [0.25, 0.3) is 66.8 Å². The molecule has 13 aromatic rings. The number of aromatic nitrogens is 14. The molecule has 0 saturated carbocycles. The number of carbonyl (C=O) groups is 4. The van der Waals surface area contributed by atoms with E-state index in [1.165, 1.54) is 46.6 Å². The molecule has 0 bridgehead atoms. The number of unbranched alkanes of at least 4 members (excludes halogenated alkanes) is 1. The van der Waals surface area contributed by atoms with Crippen molar-refractivity contribution in [3.63, 3.8) is 0 Å². The molecule has 0 unspecified atom stereocenters. The van der Waals surface area contributed by atoms with Gasteiger partial charge in [0.15, 0.2) is 47.7 Å². The van der Waals surface area contributed by atoms with Gasteiger partial charge in [-0.25, -0.2) is 67.5 Å². The number of nitrogen functional groups attached to an aromatic ring is 1. The Balaban J connectivity index is 0.498. The predicted octanol–water partition coefficient (Wildman–Crippen LogP) is 12.8. The Bertz CT molecular complexity index is 6290. The van der Waals surface area contributed by atoms with Crippen LogP contribution in [0.5, 0.6) is 17.2 Å². The number of rotatable bonds is 25. The lowest BCUT2D eigenvalue weighted by Crippen LogP contribution is -2.37. The molecule has 0 radical (unpaired) electrons. The molecule has 3 fully saturated rings. The Morgan fingerprint density at radius 1 is 0.710 bits per heavy atom. The molecule has 4 aliphatic heterocycles. The highest BCUT2D eigenvalue weighted by Crippen LogP contribution is 2.65. The molecular weight excluding hydrogens is 1670 g/mol. The molecule has 35 nitrogen and oxygen atoms in total. The van der Waals surface area contributed by atoms with Crippen LogP contribution in [0, 0.1) is 6.92 Å². The van der Waals surface area contributed by atoms with E-state index >= 15 is 13.3 Å². The number of alkyl halides is 2. The number of imidazole rings is 3. The van der Waals surface area contributed by atoms with Crippen LogP contribution in [0.15, 0.2) is 171 Å². The summed E-state index contributed by atoms with van der Waals surface area (Å²) in [4.78, 5) is 91.3. The van der Waals surface area contributed by atoms with Gasteiger partial charge in [-0.3, -0.25) is 37.7 Å². The van der Waals surface area contributed by atoms with E-state index in [9.17, 15) is 28.8 Å². The number of hydrogen-bond donors (Lipinski definition) is 3. The summed E-state index contributed by atoms with van der Waals surface area (Å²) >= 11 is 0.681. The molecule has 0 spiro atoms. The van der Waals surface area contributed by atoms with Crippen LogP contribution in [0.2, 0.25) is 0 Å². The van der Waals surface area contributed by atoms with Crippen molar-refractivity contribution in [1.82, 2.24) is 68.6 Å². The smallest absolute Gasteiger partial charge is 0.413 e. The standard InChI is InChI=1S/C83H82BF2N17O18P2S/c1-5-111-40-62-95-69-71(100(62)42-83(3,4)108)56-16-8-10-18-58(56)94-76(69)96-82(107)113-37-48-22-28-53(29-23-48)116-64(105)21-13-12-20-63(104)99-36-51-14-6-7-15-55(51)68-72(57-17-9-11-19-59(57)99)103(98-97-68)34-35-112-52-32-26-50(27-33-52)81(106)117-54-30-24-49(25-31-54)41-124-123(110)115-39-61-73(65(85)79(119-61)102-46-93-70-75(87)89-44-91-78(70)102)120-122(84,109)114-38-60-74(121-123)66(86)80(118-60)101-45-92-67-47(2)88-43-90-77(67)101/h6-11,14-19,22-33,43-46,60-61,65-66,73-74,79-80,108H,5,12-13,20-21,34-42,84H2,1-4H3,(H2,87,89,91)(H,94,96,107)/t60-,61-,65-,66-,73-,74-,79-,80-,122+,123+/m1/s1. The number of nitrogens with two attached hydrogens (primary N) is 1. The van der Waals surface area contributed by atoms with Gasteiger partial charge in [-0.05, 0) is 129 Å². The predicted molar refractivity (Wildman–Crippen MR) is 451 cm³/mol. The fourth-order valence-electron chi connectivity index (χ4n) is 15.2. The van der Waals surface area contributed by atoms with Gasteiger partial charge in [0, 0.05) is 41.7 Å². The van der Waals surface area contributed by atoms with Gasteiger partial charge in [0.25, 0.3) is 15.0 Å². The van der Waals surface area contributed by atoms with E-state index < -0.39 is 100 Å². The second-order valence-electron chi connectivity index (χ2n) is 30.4. The van der Waals surface area contributed by atoms with Gasteiger partial charge in [-0.15, -0.1) is 5.10 Å². The van der Waals surface area contributed by atoms with E-state index in [4.69, 9.17) is 67.0 Å². The number of carbonyl (C=O) groups excluding carboxylic acids is 4. The highest BCUT2D eigenvalue weighted by Gasteiger charge is 2.55. The van der Waals surface area contributed by atoms with Gasteiger partial charge in [0.1, 0.15) is 102 Å². The monoisotopic (exact) mass is 1750 g/mol. The highest BCUT2D eigenvalue weighted by molar-refractivity contribution is 8.54. The third kappa shape index (κ3) is 18.1. The molecule has 2 amide bonds.